The second-order valence-corrected chi connectivity index (χ2v) is 13.5. The number of carbonyl (C=O) groups is 4. The number of likely N-dealkylation sites (tertiary alicyclic amines) is 1. The number of nitro groups is 1. The summed E-state index contributed by atoms with van der Waals surface area (Å²) in [5, 5.41) is 22.6. The monoisotopic (exact) mass is 675 g/mol. The lowest BCUT2D eigenvalue weighted by Crippen LogP contribution is -2.60. The van der Waals surface area contributed by atoms with Gasteiger partial charge in [-0.05, 0) is 42.5 Å². The van der Waals surface area contributed by atoms with Crippen LogP contribution in [0.5, 0.6) is 11.5 Å². The summed E-state index contributed by atoms with van der Waals surface area (Å²) < 4.78 is 5.88. The maximum absolute atomic E-state index is 14.1. The zero-order valence-corrected chi connectivity index (χ0v) is 26.4. The predicted octanol–water partition coefficient (Wildman–Crippen LogP) is 5.07. The topological polar surface area (TPSA) is 147 Å². The number of amides is 4. The number of alkyl halides is 2. The Kier molecular flexibility index (Phi) is 7.18. The molecule has 13 heteroatoms. The number of carbonyl (C=O) groups excluding carboxylic acids is 4. The molecule has 3 fully saturated rings. The van der Waals surface area contributed by atoms with Gasteiger partial charge in [0, 0.05) is 36.7 Å². The van der Waals surface area contributed by atoms with Crippen LogP contribution in [0.25, 0.3) is 0 Å². The molecule has 2 aliphatic heterocycles. The summed E-state index contributed by atoms with van der Waals surface area (Å²) in [5.41, 5.74) is 1.63. The molecule has 6 atom stereocenters. The number of allylic oxidation sites excluding steroid dienone is 2. The number of non-ortho nitro benzene ring substituents is 1. The predicted molar refractivity (Wildman–Crippen MR) is 170 cm³/mol. The fourth-order valence-electron chi connectivity index (χ4n) is 7.67. The van der Waals surface area contributed by atoms with Crippen LogP contribution in [0.1, 0.15) is 29.9 Å². The van der Waals surface area contributed by atoms with Gasteiger partial charge in [-0.3, -0.25) is 39.1 Å². The third kappa shape index (κ3) is 4.40. The van der Waals surface area contributed by atoms with E-state index in [1.54, 1.807) is 18.2 Å². The summed E-state index contributed by atoms with van der Waals surface area (Å²) in [7, 11) is 1.29. The van der Waals surface area contributed by atoms with E-state index in [-0.39, 0.29) is 42.1 Å². The molecular formula is C34H27Cl2N3O8. The molecular weight excluding hydrogens is 649 g/mol. The van der Waals surface area contributed by atoms with E-state index in [4.69, 9.17) is 27.9 Å². The minimum absolute atomic E-state index is 0.125. The number of hydrogen-bond acceptors (Lipinski definition) is 8. The minimum atomic E-state index is -2.05. The zero-order chi connectivity index (χ0) is 33.4. The van der Waals surface area contributed by atoms with E-state index >= 15 is 0 Å². The number of phenolic OH excluding ortho intramolecular Hbond substituents is 1. The Hall–Kier alpha value is -4.74. The van der Waals surface area contributed by atoms with E-state index in [0.717, 1.165) is 15.4 Å². The lowest BCUT2D eigenvalue weighted by Gasteiger charge is -2.50. The quantitative estimate of drug-likeness (QED) is 0.125. The Balaban J connectivity index is 1.29. The van der Waals surface area contributed by atoms with E-state index in [2.05, 4.69) is 0 Å². The number of phenols is 1. The van der Waals surface area contributed by atoms with Crippen LogP contribution in [0.2, 0.25) is 0 Å². The van der Waals surface area contributed by atoms with Crippen molar-refractivity contribution in [1.29, 1.82) is 0 Å². The molecule has 6 unspecified atom stereocenters. The summed E-state index contributed by atoms with van der Waals surface area (Å²) in [6, 6.07) is 19.1. The number of nitro benzene ring substituents is 1. The number of rotatable bonds is 6. The van der Waals surface area contributed by atoms with Gasteiger partial charge in [0.15, 0.2) is 9.75 Å². The first-order chi connectivity index (χ1) is 22.4. The highest BCUT2D eigenvalue weighted by molar-refractivity contribution is 6.53. The third-order valence-corrected chi connectivity index (χ3v) is 11.3. The molecule has 1 saturated carbocycles. The van der Waals surface area contributed by atoms with E-state index in [0.29, 0.717) is 11.3 Å². The standard InChI is InChI=1S/C34H27Cl2N3O8/c1-37-31(43)33(35)16-25-22(13-14-24-27(25)30(42)38(29(24)41)19-7-9-20(10-8-19)39(45)46)28(34(33,36)32(37)44)23-12-11-21(15-26(23)40)47-17-18-5-3-2-4-6-18/h2-13,15,24-25,27-28,40H,14,16-17H2,1H3. The average Bonchev–Trinajstić information content (AvgIpc) is 3.39. The zero-order valence-electron chi connectivity index (χ0n) is 24.8. The molecule has 3 aromatic carbocycles. The molecule has 7 rings (SSSR count). The van der Waals surface area contributed by atoms with E-state index < -0.39 is 62.0 Å². The Morgan fingerprint density at radius 3 is 2.32 bits per heavy atom. The van der Waals surface area contributed by atoms with Crippen molar-refractivity contribution >= 4 is 58.2 Å². The van der Waals surface area contributed by atoms with Crippen LogP contribution in [0.15, 0.2) is 84.4 Å². The number of imide groups is 2. The SMILES string of the molecule is CN1C(=O)C2(Cl)CC3C(=CCC4C(=O)N(c5ccc([N+](=O)[O-])cc5)C(=O)C43)C(c3ccc(OCc4ccccc4)cc3O)C2(Cl)C1=O. The summed E-state index contributed by atoms with van der Waals surface area (Å²) in [5.74, 6) is -6.11. The minimum Gasteiger partial charge on any atom is -0.508 e. The van der Waals surface area contributed by atoms with E-state index in [1.165, 1.54) is 37.4 Å². The Labute approximate surface area is 278 Å². The van der Waals surface area contributed by atoms with Crippen LogP contribution in [-0.2, 0) is 25.8 Å². The number of ether oxygens (including phenoxy) is 1. The van der Waals surface area contributed by atoms with E-state index in [1.807, 2.05) is 30.3 Å². The van der Waals surface area contributed by atoms with Crippen LogP contribution >= 0.6 is 23.2 Å². The molecule has 2 saturated heterocycles. The van der Waals surface area contributed by atoms with Crippen molar-refractivity contribution in [2.45, 2.75) is 35.1 Å². The lowest BCUT2D eigenvalue weighted by atomic mass is 9.56. The van der Waals surface area contributed by atoms with Crippen LogP contribution in [0.4, 0.5) is 11.4 Å². The second-order valence-electron chi connectivity index (χ2n) is 12.3. The number of fused-ring (bicyclic) bond motifs is 4. The highest BCUT2D eigenvalue weighted by Gasteiger charge is 2.76. The number of nitrogens with zero attached hydrogens (tertiary/aromatic N) is 3. The summed E-state index contributed by atoms with van der Waals surface area (Å²) in [6.45, 7) is 0.239. The lowest BCUT2D eigenvalue weighted by molar-refractivity contribution is -0.384. The first-order valence-electron chi connectivity index (χ1n) is 14.9. The van der Waals surface area contributed by atoms with Gasteiger partial charge in [-0.25, -0.2) is 0 Å². The average molecular weight is 677 g/mol. The molecule has 1 N–H and O–H groups in total. The summed E-state index contributed by atoms with van der Waals surface area (Å²) >= 11 is 14.4. The maximum Gasteiger partial charge on any atom is 0.269 e. The normalized spacial score (nSPS) is 29.7. The highest BCUT2D eigenvalue weighted by atomic mass is 35.5. The summed E-state index contributed by atoms with van der Waals surface area (Å²) in [4.78, 5) is 63.7. The van der Waals surface area contributed by atoms with Crippen molar-refractivity contribution < 1.29 is 33.9 Å². The first kappa shape index (κ1) is 30.9. The van der Waals surface area contributed by atoms with Gasteiger partial charge >= 0.3 is 0 Å². The smallest absolute Gasteiger partial charge is 0.269 e. The molecule has 0 spiro atoms. The molecule has 3 aromatic rings. The Morgan fingerprint density at radius 2 is 1.66 bits per heavy atom. The van der Waals surface area contributed by atoms with E-state index in [9.17, 15) is 34.4 Å². The molecule has 47 heavy (non-hydrogen) atoms. The van der Waals surface area contributed by atoms with Crippen LogP contribution in [-0.4, -0.2) is 55.4 Å². The molecule has 4 amide bonds. The molecule has 240 valence electrons. The van der Waals surface area contributed by atoms with Crippen LogP contribution < -0.4 is 9.64 Å². The van der Waals surface area contributed by atoms with Gasteiger partial charge in [0.2, 0.25) is 11.8 Å². The van der Waals surface area contributed by atoms with Crippen molar-refractivity contribution in [2.75, 3.05) is 11.9 Å². The second kappa shape index (κ2) is 10.9. The van der Waals surface area contributed by atoms with Crippen LogP contribution in [0, 0.1) is 27.9 Å². The highest BCUT2D eigenvalue weighted by Crippen LogP contribution is 2.66. The van der Waals surface area contributed by atoms with Gasteiger partial charge in [-0.1, -0.05) is 48.0 Å². The number of hydrogen-bond donors (Lipinski definition) is 1. The molecule has 2 aliphatic carbocycles. The molecule has 11 nitrogen and oxygen atoms in total. The Bertz CT molecular complexity index is 1900. The number of halogens is 2. The van der Waals surface area contributed by atoms with Gasteiger partial charge in [0.25, 0.3) is 17.5 Å². The molecule has 2 heterocycles. The van der Waals surface area contributed by atoms with Gasteiger partial charge in [-0.2, -0.15) is 0 Å². The molecule has 0 radical (unpaired) electrons. The first-order valence-corrected chi connectivity index (χ1v) is 15.7. The van der Waals surface area contributed by atoms with Crippen molar-refractivity contribution in [3.8, 4) is 11.5 Å². The van der Waals surface area contributed by atoms with Crippen LogP contribution in [0.3, 0.4) is 0 Å². The van der Waals surface area contributed by atoms with Crippen molar-refractivity contribution in [2.24, 2.45) is 17.8 Å². The number of aromatic hydroxyl groups is 1. The third-order valence-electron chi connectivity index (χ3n) is 9.89. The van der Waals surface area contributed by atoms with Gasteiger partial charge in [0.1, 0.15) is 18.1 Å². The van der Waals surface area contributed by atoms with Crippen molar-refractivity contribution in [3.63, 3.8) is 0 Å². The largest absolute Gasteiger partial charge is 0.508 e. The van der Waals surface area contributed by atoms with Gasteiger partial charge in [-0.15, -0.1) is 23.2 Å². The van der Waals surface area contributed by atoms with Crippen molar-refractivity contribution in [3.05, 3.63) is 106 Å². The summed E-state index contributed by atoms with van der Waals surface area (Å²) in [6.07, 6.45) is 1.68. The molecule has 0 aromatic heterocycles. The Morgan fingerprint density at radius 1 is 0.957 bits per heavy atom. The van der Waals surface area contributed by atoms with Crippen molar-refractivity contribution in [1.82, 2.24) is 4.90 Å². The fraction of sp³-hybridized carbons (Fsp3) is 0.294. The maximum atomic E-state index is 14.1. The van der Waals surface area contributed by atoms with Gasteiger partial charge in [0.05, 0.1) is 22.4 Å². The molecule has 0 bridgehead atoms. The number of anilines is 1. The molecule has 4 aliphatic rings. The fourth-order valence-corrected chi connectivity index (χ4v) is 8.68. The van der Waals surface area contributed by atoms with Gasteiger partial charge < -0.3 is 9.84 Å². The number of benzene rings is 3.